The predicted octanol–water partition coefficient (Wildman–Crippen LogP) is 1.63. The molecule has 0 aromatic heterocycles. The zero-order valence-electron chi connectivity index (χ0n) is 13.0. The van der Waals surface area contributed by atoms with Gasteiger partial charge < -0.3 is 14.8 Å². The molecule has 0 bridgehead atoms. The summed E-state index contributed by atoms with van der Waals surface area (Å²) in [6.45, 7) is 0.606. The van der Waals surface area contributed by atoms with Gasteiger partial charge in [-0.15, -0.1) is 0 Å². The molecule has 3 N–H and O–H groups in total. The summed E-state index contributed by atoms with van der Waals surface area (Å²) in [4.78, 5) is 10.2. The Kier molecular flexibility index (Phi) is 4.47. The zero-order chi connectivity index (χ0) is 18.0. The van der Waals surface area contributed by atoms with Crippen molar-refractivity contribution < 1.29 is 22.8 Å². The number of benzene rings is 2. The van der Waals surface area contributed by atoms with Gasteiger partial charge >= 0.3 is 0 Å². The second kappa shape index (κ2) is 6.57. The predicted molar refractivity (Wildman–Crippen MR) is 89.2 cm³/mol. The van der Waals surface area contributed by atoms with E-state index in [0.29, 0.717) is 24.5 Å². The maximum atomic E-state index is 11.3. The van der Waals surface area contributed by atoms with Crippen LogP contribution >= 0.6 is 0 Å². The fourth-order valence-corrected chi connectivity index (χ4v) is 2.96. The lowest BCUT2D eigenvalue weighted by Gasteiger charge is -2.09. The molecule has 25 heavy (non-hydrogen) atoms. The first-order chi connectivity index (χ1) is 11.8. The number of nitro benzene ring substituents is 1. The van der Waals surface area contributed by atoms with Gasteiger partial charge in [-0.1, -0.05) is 6.07 Å². The monoisotopic (exact) mass is 365 g/mol. The van der Waals surface area contributed by atoms with Crippen LogP contribution in [0.3, 0.4) is 0 Å². The topological polar surface area (TPSA) is 134 Å². The Morgan fingerprint density at radius 2 is 1.92 bits per heavy atom. The number of fused-ring (bicyclic) bond motifs is 1. The van der Waals surface area contributed by atoms with E-state index in [4.69, 9.17) is 14.6 Å². The fraction of sp³-hybridized carbons (Fsp3) is 0.200. The Hall–Kier alpha value is -2.85. The Bertz CT molecular complexity index is 929. The van der Waals surface area contributed by atoms with Crippen LogP contribution in [0.4, 0.5) is 11.4 Å². The van der Waals surface area contributed by atoms with E-state index in [-0.39, 0.29) is 23.1 Å². The molecule has 9 nitrogen and oxygen atoms in total. The molecule has 0 fully saturated rings. The van der Waals surface area contributed by atoms with Gasteiger partial charge in [-0.3, -0.25) is 10.1 Å². The molecular weight excluding hydrogens is 350 g/mol. The SMILES string of the molecule is NS(=O)(=O)c1ccc(NCCc2ccc3c(c2)OCO3)c([N+](=O)[O-])c1. The lowest BCUT2D eigenvalue weighted by molar-refractivity contribution is -0.384. The van der Waals surface area contributed by atoms with Crippen molar-refractivity contribution >= 4 is 21.4 Å². The van der Waals surface area contributed by atoms with Crippen LogP contribution in [0.25, 0.3) is 0 Å². The van der Waals surface area contributed by atoms with Crippen molar-refractivity contribution in [2.75, 3.05) is 18.7 Å². The molecule has 0 saturated carbocycles. The number of primary sulfonamides is 1. The molecule has 2 aromatic carbocycles. The lowest BCUT2D eigenvalue weighted by Crippen LogP contribution is -2.13. The average molecular weight is 365 g/mol. The third-order valence-corrected chi connectivity index (χ3v) is 4.57. The summed E-state index contributed by atoms with van der Waals surface area (Å²) < 4.78 is 33.2. The highest BCUT2D eigenvalue weighted by Crippen LogP contribution is 2.32. The second-order valence-electron chi connectivity index (χ2n) is 5.35. The molecule has 0 radical (unpaired) electrons. The van der Waals surface area contributed by atoms with Crippen LogP contribution in [-0.4, -0.2) is 26.7 Å². The molecule has 132 valence electrons. The van der Waals surface area contributed by atoms with E-state index in [2.05, 4.69) is 5.32 Å². The standard InChI is InChI=1S/C15H15N3O6S/c16-25(21,22)11-2-3-12(13(8-11)18(19)20)17-6-5-10-1-4-14-15(7-10)24-9-23-14/h1-4,7-8,17H,5-6,9H2,(H2,16,21,22). The van der Waals surface area contributed by atoms with Crippen molar-refractivity contribution in [3.63, 3.8) is 0 Å². The van der Waals surface area contributed by atoms with Gasteiger partial charge in [-0.2, -0.15) is 0 Å². The maximum Gasteiger partial charge on any atom is 0.293 e. The highest BCUT2D eigenvalue weighted by Gasteiger charge is 2.19. The van der Waals surface area contributed by atoms with Crippen molar-refractivity contribution in [3.8, 4) is 11.5 Å². The molecule has 3 rings (SSSR count). The molecule has 0 unspecified atom stereocenters. The van der Waals surface area contributed by atoms with Crippen molar-refractivity contribution in [2.45, 2.75) is 11.3 Å². The van der Waals surface area contributed by atoms with Gasteiger partial charge in [0.05, 0.1) is 9.82 Å². The van der Waals surface area contributed by atoms with Crippen LogP contribution in [0.2, 0.25) is 0 Å². The summed E-state index contributed by atoms with van der Waals surface area (Å²) in [7, 11) is -4.00. The molecule has 0 amide bonds. The van der Waals surface area contributed by atoms with Crippen molar-refractivity contribution in [1.29, 1.82) is 0 Å². The summed E-state index contributed by atoms with van der Waals surface area (Å²) in [6, 6.07) is 9.04. The van der Waals surface area contributed by atoms with Crippen LogP contribution < -0.4 is 19.9 Å². The van der Waals surface area contributed by atoms with E-state index in [1.807, 2.05) is 12.1 Å². The molecule has 2 aromatic rings. The Labute approximate surface area is 143 Å². The lowest BCUT2D eigenvalue weighted by atomic mass is 10.1. The zero-order valence-corrected chi connectivity index (χ0v) is 13.8. The third-order valence-electron chi connectivity index (χ3n) is 3.66. The summed E-state index contributed by atoms with van der Waals surface area (Å²) in [5, 5.41) is 19.1. The summed E-state index contributed by atoms with van der Waals surface area (Å²) in [5.74, 6) is 1.35. The maximum absolute atomic E-state index is 11.3. The number of ether oxygens (including phenoxy) is 2. The number of nitrogens with zero attached hydrogens (tertiary/aromatic N) is 1. The molecule has 1 aliphatic rings. The van der Waals surface area contributed by atoms with Crippen LogP contribution in [-0.2, 0) is 16.4 Å². The van der Waals surface area contributed by atoms with Gasteiger partial charge in [0.2, 0.25) is 16.8 Å². The van der Waals surface area contributed by atoms with E-state index < -0.39 is 14.9 Å². The number of anilines is 1. The van der Waals surface area contributed by atoms with E-state index >= 15 is 0 Å². The summed E-state index contributed by atoms with van der Waals surface area (Å²) >= 11 is 0. The summed E-state index contributed by atoms with van der Waals surface area (Å²) in [6.07, 6.45) is 0.588. The van der Waals surface area contributed by atoms with Crippen LogP contribution in [0.15, 0.2) is 41.3 Å². The Morgan fingerprint density at radius 1 is 1.16 bits per heavy atom. The van der Waals surface area contributed by atoms with Crippen molar-refractivity contribution in [3.05, 3.63) is 52.1 Å². The smallest absolute Gasteiger partial charge is 0.293 e. The van der Waals surface area contributed by atoms with Gasteiger partial charge in [0.1, 0.15) is 5.69 Å². The van der Waals surface area contributed by atoms with Gasteiger partial charge in [0.25, 0.3) is 5.69 Å². The summed E-state index contributed by atoms with van der Waals surface area (Å²) in [5.41, 5.74) is 0.843. The number of nitrogens with one attached hydrogen (secondary N) is 1. The molecule has 10 heteroatoms. The van der Waals surface area contributed by atoms with Crippen LogP contribution in [0.1, 0.15) is 5.56 Å². The van der Waals surface area contributed by atoms with Gasteiger partial charge in [0.15, 0.2) is 11.5 Å². The van der Waals surface area contributed by atoms with Crippen molar-refractivity contribution in [1.82, 2.24) is 0 Å². The number of rotatable bonds is 6. The highest BCUT2D eigenvalue weighted by molar-refractivity contribution is 7.89. The fourth-order valence-electron chi connectivity index (χ4n) is 2.43. The van der Waals surface area contributed by atoms with E-state index in [1.54, 1.807) is 6.07 Å². The van der Waals surface area contributed by atoms with Crippen LogP contribution in [0, 0.1) is 10.1 Å². The van der Waals surface area contributed by atoms with E-state index in [9.17, 15) is 18.5 Å². The number of nitrogens with two attached hydrogens (primary N) is 1. The number of sulfonamides is 1. The van der Waals surface area contributed by atoms with Gasteiger partial charge in [0, 0.05) is 12.6 Å². The molecule has 0 saturated heterocycles. The van der Waals surface area contributed by atoms with Crippen LogP contribution in [0.5, 0.6) is 11.5 Å². The number of hydrogen-bond acceptors (Lipinski definition) is 7. The molecular formula is C15H15N3O6S. The first kappa shape index (κ1) is 17.0. The van der Waals surface area contributed by atoms with E-state index in [1.165, 1.54) is 12.1 Å². The van der Waals surface area contributed by atoms with Crippen molar-refractivity contribution in [2.24, 2.45) is 5.14 Å². The third kappa shape index (κ3) is 3.80. The van der Waals surface area contributed by atoms with Gasteiger partial charge in [-0.25, -0.2) is 13.6 Å². The molecule has 1 aliphatic heterocycles. The molecule has 0 spiro atoms. The van der Waals surface area contributed by atoms with E-state index in [0.717, 1.165) is 11.6 Å². The average Bonchev–Trinajstić information content (AvgIpc) is 3.01. The minimum absolute atomic E-state index is 0.194. The first-order valence-corrected chi connectivity index (χ1v) is 8.83. The normalized spacial score (nSPS) is 12.8. The minimum Gasteiger partial charge on any atom is -0.454 e. The number of hydrogen-bond donors (Lipinski definition) is 2. The highest BCUT2D eigenvalue weighted by atomic mass is 32.2. The minimum atomic E-state index is -4.00. The molecule has 0 aliphatic carbocycles. The molecule has 0 atom stereocenters. The number of nitro groups is 1. The first-order valence-electron chi connectivity index (χ1n) is 7.28. The Morgan fingerprint density at radius 3 is 2.64 bits per heavy atom. The second-order valence-corrected chi connectivity index (χ2v) is 6.91. The Balaban J connectivity index is 1.71. The van der Waals surface area contributed by atoms with Gasteiger partial charge in [-0.05, 0) is 36.2 Å². The largest absolute Gasteiger partial charge is 0.454 e. The molecule has 1 heterocycles. The quantitative estimate of drug-likeness (QED) is 0.587.